The number of aliphatic hydroxyl groups is 1. The molecular formula is C14H20N2O2. The normalized spacial score (nSPS) is 19.4. The highest BCUT2D eigenvalue weighted by Crippen LogP contribution is 2.14. The van der Waals surface area contributed by atoms with Crippen molar-refractivity contribution in [2.24, 2.45) is 0 Å². The van der Waals surface area contributed by atoms with E-state index in [2.05, 4.69) is 17.3 Å². The van der Waals surface area contributed by atoms with Gasteiger partial charge in [-0.15, -0.1) is 0 Å². The summed E-state index contributed by atoms with van der Waals surface area (Å²) in [6.45, 7) is 1.98. The molecule has 1 aromatic carbocycles. The van der Waals surface area contributed by atoms with E-state index in [1.54, 1.807) is 12.1 Å². The minimum atomic E-state index is -1.06. The molecule has 0 saturated carbocycles. The zero-order valence-electron chi connectivity index (χ0n) is 10.7. The summed E-state index contributed by atoms with van der Waals surface area (Å²) in [5.74, 6) is -0.296. The van der Waals surface area contributed by atoms with Gasteiger partial charge in [-0.1, -0.05) is 30.3 Å². The van der Waals surface area contributed by atoms with Gasteiger partial charge in [-0.3, -0.25) is 4.79 Å². The second-order valence-corrected chi connectivity index (χ2v) is 4.90. The van der Waals surface area contributed by atoms with Crippen molar-refractivity contribution < 1.29 is 9.90 Å². The van der Waals surface area contributed by atoms with Gasteiger partial charge >= 0.3 is 0 Å². The maximum absolute atomic E-state index is 11.9. The highest BCUT2D eigenvalue weighted by atomic mass is 16.3. The van der Waals surface area contributed by atoms with Crippen molar-refractivity contribution in [1.29, 1.82) is 0 Å². The van der Waals surface area contributed by atoms with Crippen molar-refractivity contribution in [3.05, 3.63) is 35.9 Å². The second-order valence-electron chi connectivity index (χ2n) is 4.90. The molecule has 1 aromatic rings. The first-order valence-electron chi connectivity index (χ1n) is 6.39. The number of likely N-dealkylation sites (tertiary alicyclic amines) is 1. The lowest BCUT2D eigenvalue weighted by atomic mass is 10.0. The zero-order valence-corrected chi connectivity index (χ0v) is 10.7. The van der Waals surface area contributed by atoms with Gasteiger partial charge in [0.05, 0.1) is 0 Å². The number of rotatable bonds is 3. The monoisotopic (exact) mass is 248 g/mol. The molecule has 0 aromatic heterocycles. The Morgan fingerprint density at radius 1 is 1.33 bits per heavy atom. The van der Waals surface area contributed by atoms with Gasteiger partial charge in [0.2, 0.25) is 0 Å². The van der Waals surface area contributed by atoms with Crippen LogP contribution < -0.4 is 5.32 Å². The molecule has 2 rings (SSSR count). The first-order chi connectivity index (χ1) is 8.66. The van der Waals surface area contributed by atoms with Crippen LogP contribution in [0.1, 0.15) is 24.5 Å². The second kappa shape index (κ2) is 5.98. The Hall–Kier alpha value is -1.39. The van der Waals surface area contributed by atoms with Crippen LogP contribution in [-0.2, 0) is 4.79 Å². The van der Waals surface area contributed by atoms with Gasteiger partial charge in [0.1, 0.15) is 0 Å². The average Bonchev–Trinajstić information content (AvgIpc) is 2.41. The van der Waals surface area contributed by atoms with Crippen molar-refractivity contribution in [2.75, 3.05) is 20.1 Å². The number of hydrogen-bond acceptors (Lipinski definition) is 3. The molecule has 4 nitrogen and oxygen atoms in total. The molecule has 1 heterocycles. The van der Waals surface area contributed by atoms with Crippen LogP contribution in [0.3, 0.4) is 0 Å². The molecule has 1 fully saturated rings. The Kier molecular flexibility index (Phi) is 4.33. The summed E-state index contributed by atoms with van der Waals surface area (Å²) in [6.07, 6.45) is 0.832. The summed E-state index contributed by atoms with van der Waals surface area (Å²) in [7, 11) is 2.08. The number of piperidine rings is 1. The molecule has 1 aliphatic heterocycles. The van der Waals surface area contributed by atoms with Gasteiger partial charge < -0.3 is 15.3 Å². The quantitative estimate of drug-likeness (QED) is 0.836. The minimum Gasteiger partial charge on any atom is -0.378 e. The van der Waals surface area contributed by atoms with Crippen molar-refractivity contribution in [2.45, 2.75) is 25.0 Å². The van der Waals surface area contributed by atoms with E-state index in [0.717, 1.165) is 25.9 Å². The Morgan fingerprint density at radius 3 is 2.56 bits per heavy atom. The third-order valence-corrected chi connectivity index (χ3v) is 3.43. The summed E-state index contributed by atoms with van der Waals surface area (Å²) >= 11 is 0. The number of hydrogen-bond donors (Lipinski definition) is 2. The van der Waals surface area contributed by atoms with Crippen LogP contribution in [-0.4, -0.2) is 42.1 Å². The fourth-order valence-electron chi connectivity index (χ4n) is 2.22. The molecule has 1 aliphatic rings. The summed E-state index contributed by atoms with van der Waals surface area (Å²) in [5, 5.41) is 12.9. The molecule has 4 heteroatoms. The molecule has 0 unspecified atom stereocenters. The van der Waals surface area contributed by atoms with E-state index in [0.29, 0.717) is 5.56 Å². The first kappa shape index (κ1) is 13.1. The topological polar surface area (TPSA) is 52.6 Å². The van der Waals surface area contributed by atoms with Crippen LogP contribution in [0.4, 0.5) is 0 Å². The van der Waals surface area contributed by atoms with Gasteiger partial charge in [0.15, 0.2) is 6.10 Å². The molecular weight excluding hydrogens is 228 g/mol. The van der Waals surface area contributed by atoms with E-state index in [1.165, 1.54) is 0 Å². The van der Waals surface area contributed by atoms with Gasteiger partial charge in [0, 0.05) is 6.04 Å². The lowest BCUT2D eigenvalue weighted by Gasteiger charge is -2.30. The average molecular weight is 248 g/mol. The molecule has 0 aliphatic carbocycles. The standard InChI is InChI=1S/C14H20N2O2/c1-16-9-7-12(8-10-16)15-14(18)13(17)11-5-3-2-4-6-11/h2-6,12-13,17H,7-10H2,1H3,(H,15,18)/t13-/m1/s1. The van der Waals surface area contributed by atoms with E-state index in [1.807, 2.05) is 18.2 Å². The number of aliphatic hydroxyl groups excluding tert-OH is 1. The van der Waals surface area contributed by atoms with Crippen LogP contribution in [0.2, 0.25) is 0 Å². The summed E-state index contributed by atoms with van der Waals surface area (Å²) in [6, 6.07) is 9.22. The predicted molar refractivity (Wildman–Crippen MR) is 70.1 cm³/mol. The minimum absolute atomic E-state index is 0.187. The van der Waals surface area contributed by atoms with Crippen LogP contribution in [0.25, 0.3) is 0 Å². The van der Waals surface area contributed by atoms with Crippen molar-refractivity contribution in [3.63, 3.8) is 0 Å². The largest absolute Gasteiger partial charge is 0.378 e. The third-order valence-electron chi connectivity index (χ3n) is 3.43. The zero-order chi connectivity index (χ0) is 13.0. The maximum Gasteiger partial charge on any atom is 0.253 e. The van der Waals surface area contributed by atoms with Gasteiger partial charge in [-0.25, -0.2) is 0 Å². The predicted octanol–water partition coefficient (Wildman–Crippen LogP) is 0.930. The highest BCUT2D eigenvalue weighted by Gasteiger charge is 2.22. The number of benzene rings is 1. The molecule has 0 bridgehead atoms. The van der Waals surface area contributed by atoms with Crippen molar-refractivity contribution in [3.8, 4) is 0 Å². The van der Waals surface area contributed by atoms with Crippen LogP contribution in [0, 0.1) is 0 Å². The van der Waals surface area contributed by atoms with Crippen molar-refractivity contribution in [1.82, 2.24) is 10.2 Å². The Morgan fingerprint density at radius 2 is 1.94 bits per heavy atom. The molecule has 1 saturated heterocycles. The van der Waals surface area contributed by atoms with Crippen LogP contribution in [0.15, 0.2) is 30.3 Å². The van der Waals surface area contributed by atoms with Crippen LogP contribution >= 0.6 is 0 Å². The molecule has 0 radical (unpaired) electrons. The summed E-state index contributed by atoms with van der Waals surface area (Å²) < 4.78 is 0. The number of carbonyl (C=O) groups is 1. The van der Waals surface area contributed by atoms with Crippen LogP contribution in [0.5, 0.6) is 0 Å². The van der Waals surface area contributed by atoms with E-state index >= 15 is 0 Å². The van der Waals surface area contributed by atoms with Gasteiger partial charge in [-0.2, -0.15) is 0 Å². The number of nitrogens with zero attached hydrogens (tertiary/aromatic N) is 1. The maximum atomic E-state index is 11.9. The fraction of sp³-hybridized carbons (Fsp3) is 0.500. The molecule has 1 amide bonds. The van der Waals surface area contributed by atoms with E-state index < -0.39 is 6.10 Å². The Labute approximate surface area is 108 Å². The highest BCUT2D eigenvalue weighted by molar-refractivity contribution is 5.82. The lowest BCUT2D eigenvalue weighted by Crippen LogP contribution is -2.44. The molecule has 1 atom stereocenters. The Bertz CT molecular complexity index is 386. The molecule has 0 spiro atoms. The number of nitrogens with one attached hydrogen (secondary N) is 1. The SMILES string of the molecule is CN1CCC(NC(=O)[C@H](O)c2ccccc2)CC1. The summed E-state index contributed by atoms with van der Waals surface area (Å²) in [4.78, 5) is 14.2. The lowest BCUT2D eigenvalue weighted by molar-refractivity contribution is -0.130. The number of carbonyl (C=O) groups excluding carboxylic acids is 1. The Balaban J connectivity index is 1.88. The third kappa shape index (κ3) is 3.31. The molecule has 18 heavy (non-hydrogen) atoms. The molecule has 98 valence electrons. The smallest absolute Gasteiger partial charge is 0.253 e. The molecule has 2 N–H and O–H groups in total. The first-order valence-corrected chi connectivity index (χ1v) is 6.39. The fourth-order valence-corrected chi connectivity index (χ4v) is 2.22. The van der Waals surface area contributed by atoms with Crippen molar-refractivity contribution >= 4 is 5.91 Å². The summed E-state index contributed by atoms with van der Waals surface area (Å²) in [5.41, 5.74) is 0.642. The van der Waals surface area contributed by atoms with E-state index in [9.17, 15) is 9.90 Å². The van der Waals surface area contributed by atoms with E-state index in [-0.39, 0.29) is 11.9 Å². The van der Waals surface area contributed by atoms with Gasteiger partial charge in [-0.05, 0) is 38.5 Å². The number of amides is 1. The van der Waals surface area contributed by atoms with E-state index in [4.69, 9.17) is 0 Å². The van der Waals surface area contributed by atoms with Gasteiger partial charge in [0.25, 0.3) is 5.91 Å².